The van der Waals surface area contributed by atoms with E-state index in [9.17, 15) is 0 Å². The maximum absolute atomic E-state index is 2.29. The van der Waals surface area contributed by atoms with Gasteiger partial charge in [-0.25, -0.2) is 0 Å². The first-order valence-corrected chi connectivity index (χ1v) is 8.52. The smallest absolute Gasteiger partial charge is 0.00718 e. The number of benzene rings is 2. The molecule has 2 aromatic carbocycles. The van der Waals surface area contributed by atoms with Crippen LogP contribution in [-0.2, 0) is 12.8 Å². The first kappa shape index (κ1) is 13.6. The van der Waals surface area contributed by atoms with Gasteiger partial charge in [0.25, 0.3) is 0 Å². The van der Waals surface area contributed by atoms with Crippen LogP contribution in [0.3, 0.4) is 0 Å². The fourth-order valence-corrected chi connectivity index (χ4v) is 2.80. The summed E-state index contributed by atoms with van der Waals surface area (Å²) < 4.78 is 0. The highest BCUT2D eigenvalue weighted by Gasteiger charge is 1.98. The zero-order valence-electron chi connectivity index (χ0n) is 10.8. The first-order chi connectivity index (χ1) is 8.81. The lowest BCUT2D eigenvalue weighted by atomic mass is 10.0. The molecule has 94 valence electrons. The second-order valence-electron chi connectivity index (χ2n) is 4.20. The molecule has 0 bridgehead atoms. The van der Waals surface area contributed by atoms with Gasteiger partial charge in [0.2, 0.25) is 0 Å². The molecule has 0 nitrogen and oxygen atoms in total. The van der Waals surface area contributed by atoms with Crippen molar-refractivity contribution in [1.29, 1.82) is 0 Å². The van der Waals surface area contributed by atoms with E-state index in [1.54, 1.807) is 23.5 Å². The summed E-state index contributed by atoms with van der Waals surface area (Å²) in [5.41, 5.74) is 2.85. The molecule has 0 fully saturated rings. The molecule has 18 heavy (non-hydrogen) atoms. The van der Waals surface area contributed by atoms with E-state index in [4.69, 9.17) is 0 Å². The third-order valence-corrected chi connectivity index (χ3v) is 4.46. The number of hydrogen-bond donors (Lipinski definition) is 0. The van der Waals surface area contributed by atoms with Gasteiger partial charge in [-0.2, -0.15) is 0 Å². The Labute approximate surface area is 118 Å². The van der Waals surface area contributed by atoms with E-state index in [-0.39, 0.29) is 0 Å². The monoisotopic (exact) mass is 274 g/mol. The zero-order chi connectivity index (χ0) is 12.8. The van der Waals surface area contributed by atoms with Crippen molar-refractivity contribution in [3.8, 4) is 0 Å². The summed E-state index contributed by atoms with van der Waals surface area (Å²) >= 11 is 3.60. The molecule has 0 aliphatic heterocycles. The number of aryl methyl sites for hydroxylation is 2. The molecule has 0 aliphatic carbocycles. The van der Waals surface area contributed by atoms with E-state index in [1.807, 2.05) is 0 Å². The summed E-state index contributed by atoms with van der Waals surface area (Å²) in [6.45, 7) is 0. The molecule has 0 heterocycles. The predicted octanol–water partition coefficient (Wildman–Crippen LogP) is 4.92. The lowest BCUT2D eigenvalue weighted by Gasteiger charge is -2.05. The van der Waals surface area contributed by atoms with Crippen molar-refractivity contribution < 1.29 is 0 Å². The van der Waals surface area contributed by atoms with Gasteiger partial charge in [-0.15, -0.1) is 23.5 Å². The van der Waals surface area contributed by atoms with Crippen LogP contribution in [0.25, 0.3) is 0 Å². The van der Waals surface area contributed by atoms with Crippen LogP contribution in [0.4, 0.5) is 0 Å². The average molecular weight is 274 g/mol. The molecule has 0 aromatic heterocycles. The fourth-order valence-electron chi connectivity index (χ4n) is 1.91. The molecule has 0 N–H and O–H groups in total. The molecule has 0 spiro atoms. The summed E-state index contributed by atoms with van der Waals surface area (Å²) in [5, 5.41) is 0. The van der Waals surface area contributed by atoms with Crippen molar-refractivity contribution in [3.05, 3.63) is 59.7 Å². The Kier molecular flexibility index (Phi) is 5.21. The Morgan fingerprint density at radius 3 is 2.06 bits per heavy atom. The van der Waals surface area contributed by atoms with E-state index >= 15 is 0 Å². The Balaban J connectivity index is 1.97. The number of thioether (sulfide) groups is 2. The van der Waals surface area contributed by atoms with Crippen LogP contribution in [0, 0.1) is 0 Å². The van der Waals surface area contributed by atoms with E-state index in [0.29, 0.717) is 0 Å². The lowest BCUT2D eigenvalue weighted by molar-refractivity contribution is 0.953. The Hall–Kier alpha value is -0.860. The third-order valence-electron chi connectivity index (χ3n) is 3.00. The highest BCUT2D eigenvalue weighted by Crippen LogP contribution is 2.18. The van der Waals surface area contributed by atoms with Crippen LogP contribution >= 0.6 is 23.5 Å². The zero-order valence-corrected chi connectivity index (χ0v) is 12.5. The van der Waals surface area contributed by atoms with Crippen LogP contribution < -0.4 is 0 Å². The van der Waals surface area contributed by atoms with Crippen molar-refractivity contribution in [2.75, 3.05) is 12.5 Å². The van der Waals surface area contributed by atoms with Crippen LogP contribution in [-0.4, -0.2) is 12.5 Å². The van der Waals surface area contributed by atoms with Gasteiger partial charge < -0.3 is 0 Å². The van der Waals surface area contributed by atoms with E-state index in [0.717, 1.165) is 12.8 Å². The Morgan fingerprint density at radius 1 is 0.722 bits per heavy atom. The van der Waals surface area contributed by atoms with Crippen LogP contribution in [0.15, 0.2) is 58.3 Å². The van der Waals surface area contributed by atoms with Crippen molar-refractivity contribution in [1.82, 2.24) is 0 Å². The first-order valence-electron chi connectivity index (χ1n) is 6.07. The minimum absolute atomic E-state index is 1.12. The van der Waals surface area contributed by atoms with Crippen molar-refractivity contribution in [3.63, 3.8) is 0 Å². The average Bonchev–Trinajstić information content (AvgIpc) is 2.46. The molecule has 0 aliphatic rings. The van der Waals surface area contributed by atoms with E-state index < -0.39 is 0 Å². The van der Waals surface area contributed by atoms with Gasteiger partial charge in [0.1, 0.15) is 0 Å². The van der Waals surface area contributed by atoms with Gasteiger partial charge in [0, 0.05) is 9.79 Å². The number of hydrogen-bond acceptors (Lipinski definition) is 2. The second-order valence-corrected chi connectivity index (χ2v) is 5.96. The summed E-state index contributed by atoms with van der Waals surface area (Å²) in [5.74, 6) is 0. The molecule has 0 saturated carbocycles. The standard InChI is InChI=1S/C16H18S2/c1-17-15-10-8-13(9-11-15)6-7-14-4-3-5-16(12-14)18-2/h3-5,8-12H,6-7H2,1-2H3. The number of rotatable bonds is 5. The van der Waals surface area contributed by atoms with Gasteiger partial charge in [0.05, 0.1) is 0 Å². The predicted molar refractivity (Wildman–Crippen MR) is 83.9 cm³/mol. The second kappa shape index (κ2) is 6.91. The van der Waals surface area contributed by atoms with E-state index in [1.165, 1.54) is 20.9 Å². The van der Waals surface area contributed by atoms with Crippen molar-refractivity contribution in [2.45, 2.75) is 22.6 Å². The molecule has 0 atom stereocenters. The minimum atomic E-state index is 1.12. The topological polar surface area (TPSA) is 0 Å². The van der Waals surface area contributed by atoms with Crippen LogP contribution in [0.2, 0.25) is 0 Å². The van der Waals surface area contributed by atoms with Crippen LogP contribution in [0.1, 0.15) is 11.1 Å². The maximum atomic E-state index is 2.29. The molecule has 0 radical (unpaired) electrons. The van der Waals surface area contributed by atoms with Gasteiger partial charge >= 0.3 is 0 Å². The molecule has 2 heteroatoms. The van der Waals surface area contributed by atoms with Gasteiger partial charge in [-0.05, 0) is 60.7 Å². The largest absolute Gasteiger partial charge is 0.130 e. The molecule has 0 unspecified atom stereocenters. The Bertz CT molecular complexity index is 489. The molecular weight excluding hydrogens is 256 g/mol. The van der Waals surface area contributed by atoms with Crippen LogP contribution in [0.5, 0.6) is 0 Å². The molecule has 2 rings (SSSR count). The van der Waals surface area contributed by atoms with Crippen molar-refractivity contribution in [2.24, 2.45) is 0 Å². The molecular formula is C16H18S2. The maximum Gasteiger partial charge on any atom is 0.00718 e. The highest BCUT2D eigenvalue weighted by molar-refractivity contribution is 7.98. The highest BCUT2D eigenvalue weighted by atomic mass is 32.2. The summed E-state index contributed by atoms with van der Waals surface area (Å²) in [7, 11) is 0. The van der Waals surface area contributed by atoms with Gasteiger partial charge in [0.15, 0.2) is 0 Å². The summed E-state index contributed by atoms with van der Waals surface area (Å²) in [6, 6.07) is 17.7. The fraction of sp³-hybridized carbons (Fsp3) is 0.250. The molecule has 0 saturated heterocycles. The third kappa shape index (κ3) is 3.82. The van der Waals surface area contributed by atoms with Gasteiger partial charge in [-0.3, -0.25) is 0 Å². The summed E-state index contributed by atoms with van der Waals surface area (Å²) in [6.07, 6.45) is 6.47. The SMILES string of the molecule is CSc1ccc(CCc2cccc(SC)c2)cc1. The quantitative estimate of drug-likeness (QED) is 0.710. The minimum Gasteiger partial charge on any atom is -0.130 e. The summed E-state index contributed by atoms with van der Waals surface area (Å²) in [4.78, 5) is 2.69. The molecule has 2 aromatic rings. The normalized spacial score (nSPS) is 10.6. The lowest BCUT2D eigenvalue weighted by Crippen LogP contribution is -1.91. The van der Waals surface area contributed by atoms with Gasteiger partial charge in [-0.1, -0.05) is 24.3 Å². The Morgan fingerprint density at radius 2 is 1.39 bits per heavy atom. The van der Waals surface area contributed by atoms with Crippen molar-refractivity contribution >= 4 is 23.5 Å². The molecule has 0 amide bonds. The van der Waals surface area contributed by atoms with E-state index in [2.05, 4.69) is 61.0 Å².